The number of carbonyl (C=O) groups excluding carboxylic acids is 1. The molecule has 33 heavy (non-hydrogen) atoms. The van der Waals surface area contributed by atoms with Gasteiger partial charge in [-0.15, -0.1) is 0 Å². The van der Waals surface area contributed by atoms with Gasteiger partial charge in [-0.3, -0.25) is 4.79 Å². The third-order valence-electron chi connectivity index (χ3n) is 6.70. The van der Waals surface area contributed by atoms with Gasteiger partial charge in [-0.2, -0.15) is 0 Å². The largest absolute Gasteiger partial charge is 0.478 e. The van der Waals surface area contributed by atoms with Crippen LogP contribution < -0.4 is 4.90 Å². The summed E-state index contributed by atoms with van der Waals surface area (Å²) >= 11 is 6.22. The van der Waals surface area contributed by atoms with Gasteiger partial charge >= 0.3 is 5.97 Å². The van der Waals surface area contributed by atoms with E-state index in [-0.39, 0.29) is 23.8 Å². The first kappa shape index (κ1) is 20.0. The molecule has 164 valence electrons. The number of carbonyl (C=O) groups is 2. The average molecular weight is 461 g/mol. The van der Waals surface area contributed by atoms with Crippen LogP contribution in [0, 0.1) is 5.82 Å². The lowest BCUT2D eigenvalue weighted by Crippen LogP contribution is -2.32. The van der Waals surface area contributed by atoms with Gasteiger partial charge in [0.15, 0.2) is 0 Å². The van der Waals surface area contributed by atoms with E-state index in [0.29, 0.717) is 10.7 Å². The zero-order valence-corrected chi connectivity index (χ0v) is 18.1. The van der Waals surface area contributed by atoms with E-state index in [2.05, 4.69) is 0 Å². The Kier molecular flexibility index (Phi) is 4.20. The van der Waals surface area contributed by atoms with Gasteiger partial charge in [0.05, 0.1) is 28.7 Å². The molecule has 0 atom stereocenters. The SMILES string of the molecule is O=C(O)c1ccc(-n2c(CN3C(=O)C4(CC4)c4ccc(F)cc43)cc3cc(Cl)ccc32)cc1. The van der Waals surface area contributed by atoms with Crippen molar-refractivity contribution in [1.82, 2.24) is 4.57 Å². The average Bonchev–Trinajstić information content (AvgIpc) is 3.48. The zero-order chi connectivity index (χ0) is 22.9. The molecule has 1 aliphatic carbocycles. The van der Waals surface area contributed by atoms with Crippen LogP contribution in [0.15, 0.2) is 66.7 Å². The molecular weight excluding hydrogens is 443 g/mol. The lowest BCUT2D eigenvalue weighted by atomic mass is 9.98. The Hall–Kier alpha value is -3.64. The molecule has 1 aromatic heterocycles. The van der Waals surface area contributed by atoms with Gasteiger partial charge in [0, 0.05) is 21.8 Å². The van der Waals surface area contributed by atoms with E-state index in [0.717, 1.165) is 40.7 Å². The van der Waals surface area contributed by atoms with E-state index >= 15 is 0 Å². The molecule has 6 rings (SSSR count). The second kappa shape index (κ2) is 6.93. The van der Waals surface area contributed by atoms with Crippen LogP contribution in [0.5, 0.6) is 0 Å². The Bertz CT molecular complexity index is 1470. The molecule has 0 unspecified atom stereocenters. The Balaban J connectivity index is 1.50. The molecule has 0 saturated heterocycles. The summed E-state index contributed by atoms with van der Waals surface area (Å²) in [5.41, 5.74) is 3.64. The summed E-state index contributed by atoms with van der Waals surface area (Å²) in [5.74, 6) is -1.37. The Morgan fingerprint density at radius 2 is 1.79 bits per heavy atom. The number of anilines is 1. The van der Waals surface area contributed by atoms with Crippen LogP contribution in [0.25, 0.3) is 16.6 Å². The van der Waals surface area contributed by atoms with Gasteiger partial charge in [-0.05, 0) is 79.1 Å². The van der Waals surface area contributed by atoms with Crippen molar-refractivity contribution in [2.45, 2.75) is 24.8 Å². The maximum Gasteiger partial charge on any atom is 0.335 e. The van der Waals surface area contributed by atoms with Gasteiger partial charge in [-0.25, -0.2) is 9.18 Å². The molecule has 1 aliphatic heterocycles. The van der Waals surface area contributed by atoms with Crippen LogP contribution in [-0.2, 0) is 16.8 Å². The molecule has 0 radical (unpaired) electrons. The monoisotopic (exact) mass is 460 g/mol. The van der Waals surface area contributed by atoms with Crippen LogP contribution in [0.3, 0.4) is 0 Å². The standard InChI is InChI=1S/C26H18ClFN2O3/c27-17-3-8-22-16(11-17)12-20(30(22)19-5-1-15(2-6-19)24(31)32)14-29-23-13-18(28)4-7-21(23)26(9-10-26)25(29)33/h1-8,11-13H,9-10,14H2,(H,31,32). The second-order valence-electron chi connectivity index (χ2n) is 8.66. The molecule has 2 heterocycles. The molecule has 1 saturated carbocycles. The molecule has 4 aromatic rings. The van der Waals surface area contributed by atoms with E-state index in [9.17, 15) is 19.1 Å². The minimum Gasteiger partial charge on any atom is -0.478 e. The number of halogens is 2. The number of fused-ring (bicyclic) bond motifs is 3. The Morgan fingerprint density at radius 1 is 1.03 bits per heavy atom. The van der Waals surface area contributed by atoms with E-state index < -0.39 is 11.4 Å². The summed E-state index contributed by atoms with van der Waals surface area (Å²) in [6, 6.07) is 18.7. The van der Waals surface area contributed by atoms with Crippen molar-refractivity contribution in [2.75, 3.05) is 4.90 Å². The van der Waals surface area contributed by atoms with Crippen molar-refractivity contribution in [3.8, 4) is 5.69 Å². The van der Waals surface area contributed by atoms with Gasteiger partial charge in [-0.1, -0.05) is 17.7 Å². The van der Waals surface area contributed by atoms with E-state index in [4.69, 9.17) is 11.6 Å². The van der Waals surface area contributed by atoms with Crippen LogP contribution in [0.4, 0.5) is 10.1 Å². The Morgan fingerprint density at radius 3 is 2.48 bits per heavy atom. The zero-order valence-electron chi connectivity index (χ0n) is 17.4. The minimum atomic E-state index is -0.998. The fourth-order valence-electron chi connectivity index (χ4n) is 4.96. The highest BCUT2D eigenvalue weighted by molar-refractivity contribution is 6.31. The number of carboxylic acids is 1. The smallest absolute Gasteiger partial charge is 0.335 e. The highest BCUT2D eigenvalue weighted by atomic mass is 35.5. The van der Waals surface area contributed by atoms with Crippen molar-refractivity contribution < 1.29 is 19.1 Å². The molecule has 5 nitrogen and oxygen atoms in total. The molecule has 7 heteroatoms. The number of amides is 1. The van der Waals surface area contributed by atoms with E-state index in [1.54, 1.807) is 41.3 Å². The number of carboxylic acid groups (broad SMARTS) is 1. The van der Waals surface area contributed by atoms with Crippen LogP contribution in [0.2, 0.25) is 5.02 Å². The summed E-state index contributed by atoms with van der Waals surface area (Å²) in [6.07, 6.45) is 1.55. The number of hydrogen-bond acceptors (Lipinski definition) is 2. The summed E-state index contributed by atoms with van der Waals surface area (Å²) in [5, 5.41) is 10.7. The van der Waals surface area contributed by atoms with Crippen molar-refractivity contribution in [3.05, 3.63) is 94.4 Å². The molecule has 0 bridgehead atoms. The summed E-state index contributed by atoms with van der Waals surface area (Å²) < 4.78 is 16.1. The van der Waals surface area contributed by atoms with Gasteiger partial charge in [0.2, 0.25) is 5.91 Å². The summed E-state index contributed by atoms with van der Waals surface area (Å²) in [7, 11) is 0. The van der Waals surface area contributed by atoms with Crippen molar-refractivity contribution in [2.24, 2.45) is 0 Å². The number of aromatic carboxylic acids is 1. The fourth-order valence-corrected chi connectivity index (χ4v) is 5.14. The molecule has 1 fully saturated rings. The summed E-state index contributed by atoms with van der Waals surface area (Å²) in [6.45, 7) is 0.254. The Labute approximate surface area is 193 Å². The minimum absolute atomic E-state index is 0.000774. The third-order valence-corrected chi connectivity index (χ3v) is 6.94. The molecule has 3 aromatic carbocycles. The van der Waals surface area contributed by atoms with Crippen LogP contribution in [0.1, 0.15) is 34.5 Å². The summed E-state index contributed by atoms with van der Waals surface area (Å²) in [4.78, 5) is 26.4. The first-order valence-corrected chi connectivity index (χ1v) is 11.0. The van der Waals surface area contributed by atoms with Crippen molar-refractivity contribution in [3.63, 3.8) is 0 Å². The first-order valence-electron chi connectivity index (χ1n) is 10.6. The van der Waals surface area contributed by atoms with Gasteiger partial charge in [0.25, 0.3) is 0 Å². The van der Waals surface area contributed by atoms with E-state index in [1.165, 1.54) is 12.1 Å². The lowest BCUT2D eigenvalue weighted by Gasteiger charge is -2.20. The maximum atomic E-state index is 14.1. The number of hydrogen-bond donors (Lipinski definition) is 1. The van der Waals surface area contributed by atoms with Crippen molar-refractivity contribution in [1.29, 1.82) is 0 Å². The normalized spacial score (nSPS) is 15.9. The topological polar surface area (TPSA) is 62.5 Å². The van der Waals surface area contributed by atoms with E-state index in [1.807, 2.05) is 22.8 Å². The molecule has 1 N–H and O–H groups in total. The van der Waals surface area contributed by atoms with Crippen LogP contribution in [-0.4, -0.2) is 21.6 Å². The molecular formula is C26H18ClFN2O3. The number of aromatic nitrogens is 1. The maximum absolute atomic E-state index is 14.1. The predicted octanol–water partition coefficient (Wildman–Crippen LogP) is 5.70. The van der Waals surface area contributed by atoms with Gasteiger partial charge in [0.1, 0.15) is 5.82 Å². The first-order chi connectivity index (χ1) is 15.9. The molecule has 1 amide bonds. The molecule has 2 aliphatic rings. The van der Waals surface area contributed by atoms with Gasteiger partial charge < -0.3 is 14.6 Å². The number of nitrogens with zero attached hydrogens (tertiary/aromatic N) is 2. The number of rotatable bonds is 4. The second-order valence-corrected chi connectivity index (χ2v) is 9.10. The van der Waals surface area contributed by atoms with Crippen LogP contribution >= 0.6 is 11.6 Å². The quantitative estimate of drug-likeness (QED) is 0.425. The predicted molar refractivity (Wildman–Crippen MR) is 124 cm³/mol. The number of benzene rings is 3. The molecule has 1 spiro atoms. The fraction of sp³-hybridized carbons (Fsp3) is 0.154. The lowest BCUT2D eigenvalue weighted by molar-refractivity contribution is -0.120. The van der Waals surface area contributed by atoms with Crippen molar-refractivity contribution >= 4 is 40.1 Å². The highest BCUT2D eigenvalue weighted by Crippen LogP contribution is 2.57. The third kappa shape index (κ3) is 2.98. The highest BCUT2D eigenvalue weighted by Gasteiger charge is 2.59.